The Kier molecular flexibility index (Phi) is 7.81. The van der Waals surface area contributed by atoms with Crippen LogP contribution in [0.3, 0.4) is 0 Å². The predicted octanol–water partition coefficient (Wildman–Crippen LogP) is -1.59. The molecule has 98 valence electrons. The number of likely N-dealkylation sites (N-methyl/N-ethyl adjacent to an activating group) is 1. The zero-order valence-corrected chi connectivity index (χ0v) is 10.7. The van der Waals surface area contributed by atoms with Gasteiger partial charge in [0.1, 0.15) is 0 Å². The quantitative estimate of drug-likeness (QED) is 0.485. The van der Waals surface area contributed by atoms with Crippen LogP contribution in [0, 0.1) is 0 Å². The molecule has 0 aliphatic rings. The standard InChI is InChI=1S/C8H20N2O5S/c1-10(6-8(11)7-15-3)16(12,13)9-4-5-14-2/h8-9,11H,4-7H2,1-3H3. The van der Waals surface area contributed by atoms with Gasteiger partial charge in [0, 0.05) is 34.4 Å². The summed E-state index contributed by atoms with van der Waals surface area (Å²) in [5, 5.41) is 9.37. The fourth-order valence-electron chi connectivity index (χ4n) is 1.02. The summed E-state index contributed by atoms with van der Waals surface area (Å²) in [5.74, 6) is 0. The smallest absolute Gasteiger partial charge is 0.279 e. The summed E-state index contributed by atoms with van der Waals surface area (Å²) >= 11 is 0. The molecule has 0 aliphatic heterocycles. The zero-order chi connectivity index (χ0) is 12.6. The summed E-state index contributed by atoms with van der Waals surface area (Å²) in [6, 6.07) is 0. The van der Waals surface area contributed by atoms with Crippen LogP contribution in [0.1, 0.15) is 0 Å². The van der Waals surface area contributed by atoms with Gasteiger partial charge < -0.3 is 14.6 Å². The summed E-state index contributed by atoms with van der Waals surface area (Å²) in [7, 11) is 0.750. The number of nitrogens with zero attached hydrogens (tertiary/aromatic N) is 1. The van der Waals surface area contributed by atoms with Gasteiger partial charge in [-0.05, 0) is 0 Å². The van der Waals surface area contributed by atoms with E-state index in [1.807, 2.05) is 0 Å². The van der Waals surface area contributed by atoms with E-state index in [1.165, 1.54) is 21.3 Å². The van der Waals surface area contributed by atoms with Crippen molar-refractivity contribution in [3.8, 4) is 0 Å². The molecule has 8 heteroatoms. The summed E-state index contributed by atoms with van der Waals surface area (Å²) in [4.78, 5) is 0. The molecule has 0 aromatic rings. The second kappa shape index (κ2) is 7.93. The molecule has 0 spiro atoms. The van der Waals surface area contributed by atoms with Crippen molar-refractivity contribution in [2.75, 3.05) is 47.6 Å². The number of nitrogens with one attached hydrogen (secondary N) is 1. The van der Waals surface area contributed by atoms with Crippen molar-refractivity contribution in [1.82, 2.24) is 9.03 Å². The molecule has 1 unspecified atom stereocenters. The van der Waals surface area contributed by atoms with Crippen molar-refractivity contribution in [2.45, 2.75) is 6.10 Å². The Labute approximate surface area is 96.5 Å². The lowest BCUT2D eigenvalue weighted by Crippen LogP contribution is -2.43. The van der Waals surface area contributed by atoms with E-state index in [2.05, 4.69) is 4.72 Å². The third-order valence-electron chi connectivity index (χ3n) is 1.83. The third-order valence-corrected chi connectivity index (χ3v) is 3.37. The Morgan fingerprint density at radius 3 is 2.50 bits per heavy atom. The molecule has 0 heterocycles. The highest BCUT2D eigenvalue weighted by Crippen LogP contribution is 1.96. The first-order chi connectivity index (χ1) is 7.44. The van der Waals surface area contributed by atoms with Gasteiger partial charge in [-0.1, -0.05) is 0 Å². The first-order valence-electron chi connectivity index (χ1n) is 4.81. The molecule has 0 bridgehead atoms. The molecule has 0 aromatic carbocycles. The molecule has 0 aliphatic carbocycles. The van der Waals surface area contributed by atoms with Gasteiger partial charge in [0.2, 0.25) is 0 Å². The third kappa shape index (κ3) is 6.36. The van der Waals surface area contributed by atoms with Gasteiger partial charge in [-0.2, -0.15) is 17.4 Å². The first-order valence-corrected chi connectivity index (χ1v) is 6.25. The summed E-state index contributed by atoms with van der Waals surface area (Å²) in [5.41, 5.74) is 0. The number of hydrogen-bond donors (Lipinski definition) is 2. The molecule has 0 rings (SSSR count). The molecular weight excluding hydrogens is 236 g/mol. The molecule has 0 saturated carbocycles. The second-order valence-corrected chi connectivity index (χ2v) is 5.14. The molecule has 2 N–H and O–H groups in total. The van der Waals surface area contributed by atoms with Crippen molar-refractivity contribution in [1.29, 1.82) is 0 Å². The van der Waals surface area contributed by atoms with Crippen molar-refractivity contribution >= 4 is 10.2 Å². The van der Waals surface area contributed by atoms with Crippen LogP contribution in [-0.2, 0) is 19.7 Å². The van der Waals surface area contributed by atoms with E-state index >= 15 is 0 Å². The number of rotatable bonds is 9. The van der Waals surface area contributed by atoms with Gasteiger partial charge in [0.15, 0.2) is 0 Å². The minimum Gasteiger partial charge on any atom is -0.389 e. The minimum atomic E-state index is -3.56. The van der Waals surface area contributed by atoms with Gasteiger partial charge in [-0.25, -0.2) is 0 Å². The first kappa shape index (κ1) is 15.8. The van der Waals surface area contributed by atoms with Crippen LogP contribution in [0.5, 0.6) is 0 Å². The summed E-state index contributed by atoms with van der Waals surface area (Å²) in [6.45, 7) is 0.575. The number of aliphatic hydroxyl groups is 1. The van der Waals surface area contributed by atoms with Crippen LogP contribution >= 0.6 is 0 Å². The maximum atomic E-state index is 11.6. The normalized spacial score (nSPS) is 14.3. The van der Waals surface area contributed by atoms with E-state index in [4.69, 9.17) is 9.47 Å². The molecule has 0 amide bonds. The fraction of sp³-hybridized carbons (Fsp3) is 1.00. The van der Waals surface area contributed by atoms with E-state index in [1.54, 1.807) is 0 Å². The molecule has 0 saturated heterocycles. The highest BCUT2D eigenvalue weighted by atomic mass is 32.2. The van der Waals surface area contributed by atoms with Crippen LogP contribution in [0.4, 0.5) is 0 Å². The average molecular weight is 256 g/mol. The van der Waals surface area contributed by atoms with Crippen LogP contribution in [0.15, 0.2) is 0 Å². The monoisotopic (exact) mass is 256 g/mol. The van der Waals surface area contributed by atoms with Crippen molar-refractivity contribution in [3.05, 3.63) is 0 Å². The maximum Gasteiger partial charge on any atom is 0.279 e. The van der Waals surface area contributed by atoms with Crippen molar-refractivity contribution in [3.63, 3.8) is 0 Å². The van der Waals surface area contributed by atoms with Crippen LogP contribution < -0.4 is 4.72 Å². The van der Waals surface area contributed by atoms with Crippen LogP contribution in [-0.4, -0.2) is 71.5 Å². The zero-order valence-electron chi connectivity index (χ0n) is 9.84. The van der Waals surface area contributed by atoms with Gasteiger partial charge in [-0.15, -0.1) is 0 Å². The molecule has 1 atom stereocenters. The largest absolute Gasteiger partial charge is 0.389 e. The fourth-order valence-corrected chi connectivity index (χ4v) is 1.95. The van der Waals surface area contributed by atoms with Crippen LogP contribution in [0.25, 0.3) is 0 Å². The Morgan fingerprint density at radius 2 is 2.00 bits per heavy atom. The molecular formula is C8H20N2O5S. The predicted molar refractivity (Wildman–Crippen MR) is 59.3 cm³/mol. The molecule has 7 nitrogen and oxygen atoms in total. The highest BCUT2D eigenvalue weighted by Gasteiger charge is 2.19. The lowest BCUT2D eigenvalue weighted by atomic mass is 10.4. The molecule has 0 radical (unpaired) electrons. The Morgan fingerprint density at radius 1 is 1.38 bits per heavy atom. The lowest BCUT2D eigenvalue weighted by molar-refractivity contribution is 0.0552. The number of aliphatic hydroxyl groups excluding tert-OH is 1. The van der Waals surface area contributed by atoms with E-state index in [-0.39, 0.29) is 19.7 Å². The number of methoxy groups -OCH3 is 2. The van der Waals surface area contributed by atoms with Gasteiger partial charge in [-0.3, -0.25) is 0 Å². The Balaban J connectivity index is 4.08. The maximum absolute atomic E-state index is 11.6. The van der Waals surface area contributed by atoms with Crippen molar-refractivity contribution in [2.24, 2.45) is 0 Å². The average Bonchev–Trinajstić information content (AvgIpc) is 2.18. The van der Waals surface area contributed by atoms with Gasteiger partial charge in [0.25, 0.3) is 10.2 Å². The van der Waals surface area contributed by atoms with E-state index in [9.17, 15) is 13.5 Å². The number of ether oxygens (including phenoxy) is 2. The Bertz CT molecular complexity index is 270. The van der Waals surface area contributed by atoms with E-state index in [0.717, 1.165) is 4.31 Å². The van der Waals surface area contributed by atoms with Gasteiger partial charge >= 0.3 is 0 Å². The topological polar surface area (TPSA) is 88.1 Å². The lowest BCUT2D eigenvalue weighted by Gasteiger charge is -2.20. The SMILES string of the molecule is COCCNS(=O)(=O)N(C)CC(O)COC. The molecule has 16 heavy (non-hydrogen) atoms. The summed E-state index contributed by atoms with van der Waals surface area (Å²) < 4.78 is 35.9. The molecule has 0 aromatic heterocycles. The van der Waals surface area contributed by atoms with E-state index < -0.39 is 16.3 Å². The van der Waals surface area contributed by atoms with E-state index in [0.29, 0.717) is 6.61 Å². The van der Waals surface area contributed by atoms with Crippen LogP contribution in [0.2, 0.25) is 0 Å². The minimum absolute atomic E-state index is 0.0177. The van der Waals surface area contributed by atoms with Crippen molar-refractivity contribution < 1.29 is 23.0 Å². The second-order valence-electron chi connectivity index (χ2n) is 3.28. The van der Waals surface area contributed by atoms with Gasteiger partial charge in [0.05, 0.1) is 19.3 Å². The number of hydrogen-bond acceptors (Lipinski definition) is 5. The summed E-state index contributed by atoms with van der Waals surface area (Å²) in [6.07, 6.45) is -0.839. The Hall–Kier alpha value is -0.250. The molecule has 0 fully saturated rings. The highest BCUT2D eigenvalue weighted by molar-refractivity contribution is 7.87.